The standard InChI is InChI=1S/C39H46N4O5.Mg/c1-10-24-21(6)28-15-26-19(4)20(5)27(40-26)16-29-22(7)25(11-12-32(44)48-14-13-18(2)3)36(42-29)34-35(39(46)47-9)38(45)33-23(8)30(43-37(33)34)17-31(24)41-28;/h13,15-17,19,22,25,35-36,38,45H,10-12,14H2,1-9H3;/q-4;+2/b26-15-,29-16-,30-17-;/t19-,22-,25-,35+,36?,38-;/m0./s1. The van der Waals surface area contributed by atoms with Crippen LogP contribution in [0.1, 0.15) is 94.1 Å². The number of aliphatic hydroxyl groups is 1. The van der Waals surface area contributed by atoms with Gasteiger partial charge in [-0.15, -0.1) is 27.8 Å². The molecule has 5 heterocycles. The summed E-state index contributed by atoms with van der Waals surface area (Å²) in [6.07, 6.45) is 8.37. The second kappa shape index (κ2) is 14.4. The van der Waals surface area contributed by atoms with Crippen molar-refractivity contribution < 1.29 is 24.2 Å². The number of carbonyl (C=O) groups excluding carboxylic acids is 2. The average molecular weight is 675 g/mol. The van der Waals surface area contributed by atoms with Crippen LogP contribution < -0.4 is 20.7 Å². The zero-order valence-electron chi connectivity index (χ0n) is 30.2. The predicted octanol–water partition coefficient (Wildman–Crippen LogP) is 5.05. The minimum Gasteiger partial charge on any atom is -0.681 e. The van der Waals surface area contributed by atoms with Crippen molar-refractivity contribution in [1.29, 1.82) is 0 Å². The van der Waals surface area contributed by atoms with Crippen LogP contribution in [0.3, 0.4) is 0 Å². The molecule has 1 aliphatic carbocycles. The van der Waals surface area contributed by atoms with Crippen molar-refractivity contribution in [3.8, 4) is 0 Å². The molecule has 4 aliphatic rings. The number of esters is 2. The number of methoxy groups -OCH3 is 1. The summed E-state index contributed by atoms with van der Waals surface area (Å²) in [5, 5.41) is 23.5. The van der Waals surface area contributed by atoms with Crippen molar-refractivity contribution in [3.05, 3.63) is 95.4 Å². The maximum Gasteiger partial charge on any atom is 2.00 e. The van der Waals surface area contributed by atoms with E-state index in [9.17, 15) is 14.7 Å². The van der Waals surface area contributed by atoms with Gasteiger partial charge in [-0.2, -0.15) is 11.4 Å². The van der Waals surface area contributed by atoms with Crippen molar-refractivity contribution in [1.82, 2.24) is 9.97 Å². The molecular weight excluding hydrogens is 629 g/mol. The zero-order valence-corrected chi connectivity index (χ0v) is 31.6. The second-order valence-corrected chi connectivity index (χ2v) is 13.8. The molecule has 2 aromatic rings. The second-order valence-electron chi connectivity index (χ2n) is 13.8. The Kier molecular flexibility index (Phi) is 10.8. The van der Waals surface area contributed by atoms with Crippen LogP contribution in [0.2, 0.25) is 0 Å². The SMILES string of the molecule is CCc1c2[n-]c(c1C)/C=C1\[N-]C(=C(C)[C@@H]1C)/C=C1\[N-]C(C3=c4[n-]/c(c(C)c4[C@H](O)[C@@H]3C(=O)OC)=C\2)[C@@H](CCC(=O)OCC=C(C)C)[C@@H]1C.[Mg+2]. The van der Waals surface area contributed by atoms with E-state index in [-0.39, 0.29) is 59.8 Å². The molecule has 0 amide bonds. The maximum absolute atomic E-state index is 13.4. The van der Waals surface area contributed by atoms with Crippen molar-refractivity contribution in [2.45, 2.75) is 86.8 Å². The summed E-state index contributed by atoms with van der Waals surface area (Å²) >= 11 is 0. The molecule has 3 aliphatic heterocycles. The minimum absolute atomic E-state index is 0. The molecule has 0 aromatic carbocycles. The molecule has 8 bridgehead atoms. The minimum atomic E-state index is -1.14. The van der Waals surface area contributed by atoms with Gasteiger partial charge in [0.05, 0.1) is 13.2 Å². The van der Waals surface area contributed by atoms with Crippen LogP contribution in [0, 0.1) is 37.5 Å². The summed E-state index contributed by atoms with van der Waals surface area (Å²) < 4.78 is 10.8. The number of fused-ring (bicyclic) bond motifs is 8. The normalized spacial score (nSPS) is 27.9. The fourth-order valence-electron chi connectivity index (χ4n) is 7.71. The molecule has 49 heavy (non-hydrogen) atoms. The quantitative estimate of drug-likeness (QED) is 0.247. The Balaban J connectivity index is 0.00000468. The van der Waals surface area contributed by atoms with Gasteiger partial charge in [0.15, 0.2) is 0 Å². The topological polar surface area (TPSA) is 129 Å². The van der Waals surface area contributed by atoms with Gasteiger partial charge in [0, 0.05) is 6.42 Å². The Morgan fingerprint density at radius 1 is 1.00 bits per heavy atom. The molecule has 1 saturated heterocycles. The monoisotopic (exact) mass is 674 g/mol. The molecule has 1 unspecified atom stereocenters. The third-order valence-corrected chi connectivity index (χ3v) is 10.8. The number of hydrogen-bond acceptors (Lipinski definition) is 5. The van der Waals surface area contributed by atoms with Gasteiger partial charge in [-0.05, 0) is 76.9 Å². The van der Waals surface area contributed by atoms with Gasteiger partial charge in [-0.1, -0.05) is 78.5 Å². The number of carbonyl (C=O) groups is 2. The number of aromatic nitrogens is 2. The number of nitrogens with zero attached hydrogens (tertiary/aromatic N) is 4. The van der Waals surface area contributed by atoms with Gasteiger partial charge in [0.25, 0.3) is 0 Å². The summed E-state index contributed by atoms with van der Waals surface area (Å²) in [6.45, 7) is 16.7. The number of rotatable bonds is 7. The van der Waals surface area contributed by atoms with E-state index >= 15 is 0 Å². The van der Waals surface area contributed by atoms with E-state index in [2.05, 4.69) is 46.8 Å². The molecule has 0 saturated carbocycles. The fourth-order valence-corrected chi connectivity index (χ4v) is 7.71. The van der Waals surface area contributed by atoms with Crippen LogP contribution in [-0.4, -0.2) is 59.9 Å². The predicted molar refractivity (Wildman–Crippen MR) is 192 cm³/mol. The molecular formula is C39H46MgN4O5-2. The van der Waals surface area contributed by atoms with E-state index < -0.39 is 24.0 Å². The third kappa shape index (κ3) is 6.47. The van der Waals surface area contributed by atoms with Crippen molar-refractivity contribution in [2.75, 3.05) is 13.7 Å². The first-order chi connectivity index (χ1) is 22.9. The Morgan fingerprint density at radius 3 is 2.41 bits per heavy atom. The van der Waals surface area contributed by atoms with Crippen molar-refractivity contribution >= 4 is 52.7 Å². The van der Waals surface area contributed by atoms with Crippen LogP contribution in [0.15, 0.2) is 40.4 Å². The third-order valence-electron chi connectivity index (χ3n) is 10.8. The molecule has 6 atom stereocenters. The largest absolute Gasteiger partial charge is 2.00 e. The summed E-state index contributed by atoms with van der Waals surface area (Å²) in [4.78, 5) is 36.5. The van der Waals surface area contributed by atoms with Crippen LogP contribution in [0.25, 0.3) is 28.4 Å². The van der Waals surface area contributed by atoms with E-state index in [0.29, 0.717) is 28.3 Å². The smallest absolute Gasteiger partial charge is 0.681 e. The Morgan fingerprint density at radius 2 is 1.73 bits per heavy atom. The van der Waals surface area contributed by atoms with Gasteiger partial charge in [-0.3, -0.25) is 9.59 Å². The molecule has 1 N–H and O–H groups in total. The van der Waals surface area contributed by atoms with Gasteiger partial charge >= 0.3 is 35.0 Å². The maximum atomic E-state index is 13.4. The van der Waals surface area contributed by atoms with E-state index in [0.717, 1.165) is 62.7 Å². The molecule has 10 heteroatoms. The van der Waals surface area contributed by atoms with Gasteiger partial charge in [-0.25, -0.2) is 0 Å². The first kappa shape index (κ1) is 36.8. The fraction of sp³-hybridized carbons (Fsp3) is 0.487. The molecule has 1 fully saturated rings. The first-order valence-electron chi connectivity index (χ1n) is 17.0. The van der Waals surface area contributed by atoms with E-state index in [4.69, 9.17) is 30.1 Å². The molecule has 0 spiro atoms. The van der Waals surface area contributed by atoms with Crippen LogP contribution in [0.4, 0.5) is 0 Å². The van der Waals surface area contributed by atoms with Gasteiger partial charge < -0.3 is 35.2 Å². The summed E-state index contributed by atoms with van der Waals surface area (Å²) in [7, 11) is 1.34. The van der Waals surface area contributed by atoms with Gasteiger partial charge in [0.2, 0.25) is 0 Å². The number of ether oxygens (including phenoxy) is 2. The number of allylic oxidation sites excluding steroid dienone is 4. The molecule has 6 rings (SSSR count). The van der Waals surface area contributed by atoms with E-state index in [1.807, 2.05) is 32.9 Å². The Hall–Kier alpha value is -3.47. The van der Waals surface area contributed by atoms with E-state index in [1.54, 1.807) is 0 Å². The number of hydrogen-bond donors (Lipinski definition) is 1. The number of aliphatic hydroxyl groups excluding tert-OH is 1. The van der Waals surface area contributed by atoms with Crippen LogP contribution in [0.5, 0.6) is 0 Å². The van der Waals surface area contributed by atoms with Crippen LogP contribution in [-0.2, 0) is 25.5 Å². The summed E-state index contributed by atoms with van der Waals surface area (Å²) in [5.74, 6) is -1.91. The van der Waals surface area contributed by atoms with Crippen LogP contribution >= 0.6 is 0 Å². The molecule has 0 radical (unpaired) electrons. The van der Waals surface area contributed by atoms with E-state index in [1.165, 1.54) is 7.11 Å². The van der Waals surface area contributed by atoms with Crippen molar-refractivity contribution in [3.63, 3.8) is 0 Å². The molecule has 2 aromatic heterocycles. The Bertz CT molecular complexity index is 1920. The Labute approximate surface area is 305 Å². The summed E-state index contributed by atoms with van der Waals surface area (Å²) in [5.41, 5.74) is 10.9. The average Bonchev–Trinajstić information content (AvgIpc) is 3.78. The molecule has 256 valence electrons. The van der Waals surface area contributed by atoms with Gasteiger partial charge in [0.1, 0.15) is 12.5 Å². The zero-order chi connectivity index (χ0) is 34.6. The first-order valence-corrected chi connectivity index (χ1v) is 17.0. The summed E-state index contributed by atoms with van der Waals surface area (Å²) in [6, 6.07) is -0.515. The van der Waals surface area contributed by atoms with Crippen molar-refractivity contribution in [2.24, 2.45) is 23.7 Å². The molecule has 9 nitrogen and oxygen atoms in total.